The van der Waals surface area contributed by atoms with Crippen molar-refractivity contribution in [2.75, 3.05) is 13.1 Å². The Morgan fingerprint density at radius 2 is 2.21 bits per heavy atom. The number of morpholine rings is 1. The van der Waals surface area contributed by atoms with Crippen LogP contribution < -0.4 is 0 Å². The number of carboxylic acids is 1. The van der Waals surface area contributed by atoms with Gasteiger partial charge in [-0.2, -0.15) is 0 Å². The molecule has 6 nitrogen and oxygen atoms in total. The van der Waals surface area contributed by atoms with E-state index in [0.29, 0.717) is 22.3 Å². The van der Waals surface area contributed by atoms with Crippen LogP contribution in [0, 0.1) is 0 Å². The van der Waals surface area contributed by atoms with Crippen molar-refractivity contribution < 1.29 is 19.4 Å². The Bertz CT molecular complexity index is 779. The number of rotatable bonds is 3. The summed E-state index contributed by atoms with van der Waals surface area (Å²) in [4.78, 5) is 29.6. The van der Waals surface area contributed by atoms with Crippen LogP contribution in [0.15, 0.2) is 29.6 Å². The van der Waals surface area contributed by atoms with Gasteiger partial charge in [0.25, 0.3) is 5.91 Å². The monoisotopic (exact) mass is 366 g/mol. The van der Waals surface area contributed by atoms with E-state index in [1.165, 1.54) is 16.2 Å². The topological polar surface area (TPSA) is 79.7 Å². The predicted molar refractivity (Wildman–Crippen MR) is 90.4 cm³/mol. The number of halogens is 1. The van der Waals surface area contributed by atoms with E-state index in [0.717, 1.165) is 5.56 Å². The number of carbonyl (C=O) groups is 2. The number of hydrogen-bond donors (Lipinski definition) is 1. The summed E-state index contributed by atoms with van der Waals surface area (Å²) in [5.41, 5.74) is 1.14. The number of aromatic nitrogens is 1. The smallest absolute Gasteiger partial charge is 0.334 e. The average Bonchev–Trinajstić information content (AvgIpc) is 3.03. The predicted octanol–water partition coefficient (Wildman–Crippen LogP) is 2.78. The van der Waals surface area contributed by atoms with Crippen molar-refractivity contribution in [1.82, 2.24) is 9.88 Å². The van der Waals surface area contributed by atoms with Gasteiger partial charge >= 0.3 is 5.97 Å². The van der Waals surface area contributed by atoms with Gasteiger partial charge in [-0.1, -0.05) is 23.7 Å². The number of thiazole rings is 1. The van der Waals surface area contributed by atoms with Crippen molar-refractivity contribution in [3.63, 3.8) is 0 Å². The molecule has 126 valence electrons. The minimum absolute atomic E-state index is 0.0164. The zero-order valence-corrected chi connectivity index (χ0v) is 14.4. The lowest BCUT2D eigenvalue weighted by atomic mass is 10.2. The molecule has 1 aromatic carbocycles. The van der Waals surface area contributed by atoms with E-state index >= 15 is 0 Å². The number of carboxylic acid groups (broad SMARTS) is 1. The lowest BCUT2D eigenvalue weighted by Gasteiger charge is -2.34. The molecule has 1 saturated heterocycles. The third kappa shape index (κ3) is 3.58. The molecule has 24 heavy (non-hydrogen) atoms. The summed E-state index contributed by atoms with van der Waals surface area (Å²) in [6.45, 7) is 2.10. The van der Waals surface area contributed by atoms with E-state index < -0.39 is 12.1 Å². The Hall–Kier alpha value is -1.96. The van der Waals surface area contributed by atoms with E-state index in [-0.39, 0.29) is 18.6 Å². The maximum Gasteiger partial charge on any atom is 0.334 e. The van der Waals surface area contributed by atoms with Crippen LogP contribution in [0.25, 0.3) is 10.6 Å². The molecule has 2 atom stereocenters. The molecule has 0 radical (unpaired) electrons. The Morgan fingerprint density at radius 3 is 2.92 bits per heavy atom. The maximum absolute atomic E-state index is 12.6. The second kappa shape index (κ2) is 6.88. The highest BCUT2D eigenvalue weighted by Crippen LogP contribution is 2.27. The van der Waals surface area contributed by atoms with Gasteiger partial charge in [0, 0.05) is 22.5 Å². The number of aliphatic carboxylic acids is 1. The summed E-state index contributed by atoms with van der Waals surface area (Å²) < 4.78 is 5.33. The molecular weight excluding hydrogens is 352 g/mol. The van der Waals surface area contributed by atoms with Gasteiger partial charge < -0.3 is 14.7 Å². The van der Waals surface area contributed by atoms with Crippen molar-refractivity contribution in [3.8, 4) is 10.6 Å². The molecule has 1 unspecified atom stereocenters. The molecule has 1 aliphatic heterocycles. The first-order valence-corrected chi connectivity index (χ1v) is 8.59. The summed E-state index contributed by atoms with van der Waals surface area (Å²) in [5.74, 6) is -1.36. The standard InChI is InChI=1S/C16H15ClN2O4S/c1-9-6-19(7-13(23-9)16(21)22)15(20)12-8-24-14(18-12)10-3-2-4-11(17)5-10/h2-5,8-9,13H,6-7H2,1H3,(H,21,22)/t9-,13?/m1/s1. The number of hydrogen-bond acceptors (Lipinski definition) is 5. The van der Waals surface area contributed by atoms with E-state index in [1.807, 2.05) is 12.1 Å². The summed E-state index contributed by atoms with van der Waals surface area (Å²) in [7, 11) is 0. The van der Waals surface area contributed by atoms with Crippen molar-refractivity contribution in [2.45, 2.75) is 19.1 Å². The largest absolute Gasteiger partial charge is 0.479 e. The Kier molecular flexibility index (Phi) is 4.84. The summed E-state index contributed by atoms with van der Waals surface area (Å²) >= 11 is 7.33. The first kappa shape index (κ1) is 16.9. The van der Waals surface area contributed by atoms with Gasteiger partial charge in [0.05, 0.1) is 12.6 Å². The quantitative estimate of drug-likeness (QED) is 0.903. The third-order valence-electron chi connectivity index (χ3n) is 3.62. The minimum Gasteiger partial charge on any atom is -0.479 e. The van der Waals surface area contributed by atoms with Gasteiger partial charge in [-0.3, -0.25) is 4.79 Å². The van der Waals surface area contributed by atoms with Crippen LogP contribution in [-0.4, -0.2) is 52.2 Å². The molecule has 2 aromatic rings. The van der Waals surface area contributed by atoms with Gasteiger partial charge in [0.1, 0.15) is 10.7 Å². The van der Waals surface area contributed by atoms with E-state index in [4.69, 9.17) is 21.4 Å². The number of amides is 1. The van der Waals surface area contributed by atoms with Crippen LogP contribution in [0.4, 0.5) is 0 Å². The van der Waals surface area contributed by atoms with Gasteiger partial charge in [0.15, 0.2) is 6.10 Å². The molecule has 2 heterocycles. The first-order valence-electron chi connectivity index (χ1n) is 7.33. The molecule has 0 saturated carbocycles. The van der Waals surface area contributed by atoms with Crippen molar-refractivity contribution in [2.24, 2.45) is 0 Å². The Balaban J connectivity index is 1.79. The summed E-state index contributed by atoms with van der Waals surface area (Å²) in [5, 5.41) is 12.1. The number of ether oxygens (including phenoxy) is 1. The molecule has 0 aliphatic carbocycles. The molecule has 1 amide bonds. The SMILES string of the molecule is C[C@@H]1CN(C(=O)c2csc(-c3cccc(Cl)c3)n2)CC(C(=O)O)O1. The first-order chi connectivity index (χ1) is 11.4. The highest BCUT2D eigenvalue weighted by molar-refractivity contribution is 7.13. The zero-order valence-electron chi connectivity index (χ0n) is 12.8. The lowest BCUT2D eigenvalue weighted by molar-refractivity contribution is -0.160. The minimum atomic E-state index is -1.07. The van der Waals surface area contributed by atoms with Crippen molar-refractivity contribution >= 4 is 34.8 Å². The maximum atomic E-state index is 12.6. The van der Waals surface area contributed by atoms with Crippen LogP contribution in [0.1, 0.15) is 17.4 Å². The molecule has 0 spiro atoms. The average molecular weight is 367 g/mol. The highest BCUT2D eigenvalue weighted by Gasteiger charge is 2.33. The number of nitrogens with zero attached hydrogens (tertiary/aromatic N) is 2. The molecule has 1 N–H and O–H groups in total. The zero-order chi connectivity index (χ0) is 17.3. The van der Waals surface area contributed by atoms with Gasteiger partial charge in [-0.05, 0) is 19.1 Å². The molecule has 1 fully saturated rings. The molecule has 8 heteroatoms. The Morgan fingerprint density at radius 1 is 1.42 bits per heavy atom. The van der Waals surface area contributed by atoms with Crippen LogP contribution in [0.2, 0.25) is 5.02 Å². The fraction of sp³-hybridized carbons (Fsp3) is 0.312. The van der Waals surface area contributed by atoms with E-state index in [1.54, 1.807) is 24.4 Å². The fourth-order valence-electron chi connectivity index (χ4n) is 2.54. The lowest BCUT2D eigenvalue weighted by Crippen LogP contribution is -2.51. The molecular formula is C16H15ClN2O4S. The van der Waals surface area contributed by atoms with Gasteiger partial charge in [-0.15, -0.1) is 11.3 Å². The van der Waals surface area contributed by atoms with Crippen LogP contribution in [0.3, 0.4) is 0 Å². The second-order valence-electron chi connectivity index (χ2n) is 5.53. The van der Waals surface area contributed by atoms with Gasteiger partial charge in [0.2, 0.25) is 0 Å². The van der Waals surface area contributed by atoms with Crippen LogP contribution >= 0.6 is 22.9 Å². The normalized spacial score (nSPS) is 20.8. The molecule has 1 aliphatic rings. The number of benzene rings is 1. The summed E-state index contributed by atoms with van der Waals surface area (Å²) in [6, 6.07) is 7.25. The highest BCUT2D eigenvalue weighted by atomic mass is 35.5. The third-order valence-corrected chi connectivity index (χ3v) is 4.74. The van der Waals surface area contributed by atoms with Crippen molar-refractivity contribution in [3.05, 3.63) is 40.4 Å². The molecule has 1 aromatic heterocycles. The van der Waals surface area contributed by atoms with E-state index in [2.05, 4.69) is 4.98 Å². The summed E-state index contributed by atoms with van der Waals surface area (Å²) in [6.07, 6.45) is -1.35. The Labute approximate surface area is 147 Å². The van der Waals surface area contributed by atoms with E-state index in [9.17, 15) is 9.59 Å². The van der Waals surface area contributed by atoms with Crippen molar-refractivity contribution in [1.29, 1.82) is 0 Å². The van der Waals surface area contributed by atoms with Crippen LogP contribution in [-0.2, 0) is 9.53 Å². The number of carbonyl (C=O) groups excluding carboxylic acids is 1. The molecule has 0 bridgehead atoms. The molecule has 3 rings (SSSR count). The van der Waals surface area contributed by atoms with Crippen LogP contribution in [0.5, 0.6) is 0 Å². The second-order valence-corrected chi connectivity index (χ2v) is 6.83. The fourth-order valence-corrected chi connectivity index (χ4v) is 3.52. The van der Waals surface area contributed by atoms with Gasteiger partial charge in [-0.25, -0.2) is 9.78 Å².